The molecule has 0 amide bonds. The number of pyridine rings is 1. The van der Waals surface area contributed by atoms with E-state index >= 15 is 0 Å². The Bertz CT molecular complexity index is 1300. The van der Waals surface area contributed by atoms with Crippen LogP contribution >= 0.6 is 0 Å². The van der Waals surface area contributed by atoms with E-state index in [0.717, 1.165) is 34.4 Å². The van der Waals surface area contributed by atoms with Crippen molar-refractivity contribution in [3.8, 4) is 0 Å². The topological polar surface area (TPSA) is 94.7 Å². The van der Waals surface area contributed by atoms with Gasteiger partial charge in [-0.1, -0.05) is 31.5 Å². The Morgan fingerprint density at radius 3 is 2.50 bits per heavy atom. The molecule has 4 rings (SSSR count). The smallest absolute Gasteiger partial charge is 0.329 e. The second kappa shape index (κ2) is 7.74. The Labute approximate surface area is 174 Å². The second-order valence-corrected chi connectivity index (χ2v) is 7.75. The molecule has 0 saturated carbocycles. The number of hydrogen-bond acceptors (Lipinski definition) is 3. The van der Waals surface area contributed by atoms with Crippen molar-refractivity contribution in [2.75, 3.05) is 5.73 Å². The van der Waals surface area contributed by atoms with E-state index < -0.39 is 5.97 Å². The third-order valence-electron chi connectivity index (χ3n) is 5.68. The van der Waals surface area contributed by atoms with Crippen molar-refractivity contribution >= 4 is 28.2 Å². The predicted octanol–water partition coefficient (Wildman–Crippen LogP) is 3.81. The van der Waals surface area contributed by atoms with E-state index in [1.165, 1.54) is 0 Å². The van der Waals surface area contributed by atoms with E-state index in [4.69, 9.17) is 5.73 Å². The van der Waals surface area contributed by atoms with Crippen molar-refractivity contribution in [2.24, 2.45) is 0 Å². The van der Waals surface area contributed by atoms with Crippen LogP contribution in [-0.2, 0) is 11.3 Å². The van der Waals surface area contributed by atoms with Crippen molar-refractivity contribution in [1.82, 2.24) is 13.5 Å². The number of nitrogens with two attached hydrogens (primary N) is 1. The van der Waals surface area contributed by atoms with Crippen LogP contribution < -0.4 is 11.4 Å². The summed E-state index contributed by atoms with van der Waals surface area (Å²) in [4.78, 5) is 25.0. The van der Waals surface area contributed by atoms with Crippen LogP contribution in [0.25, 0.3) is 16.6 Å². The zero-order valence-electron chi connectivity index (χ0n) is 17.2. The Kier molecular flexibility index (Phi) is 5.11. The van der Waals surface area contributed by atoms with Crippen LogP contribution in [0.1, 0.15) is 43.6 Å². The molecule has 1 atom stereocenters. The van der Waals surface area contributed by atoms with Crippen LogP contribution in [0.4, 0.5) is 5.69 Å². The van der Waals surface area contributed by atoms with Gasteiger partial charge in [-0.05, 0) is 43.7 Å². The van der Waals surface area contributed by atoms with Gasteiger partial charge in [-0.15, -0.1) is 0 Å². The van der Waals surface area contributed by atoms with Crippen LogP contribution in [0.15, 0.2) is 53.3 Å². The van der Waals surface area contributed by atoms with Crippen LogP contribution in [0.5, 0.6) is 0 Å². The molecule has 0 bridgehead atoms. The van der Waals surface area contributed by atoms with Crippen molar-refractivity contribution in [3.63, 3.8) is 0 Å². The van der Waals surface area contributed by atoms with Gasteiger partial charge in [-0.2, -0.15) is 0 Å². The molecule has 3 aromatic heterocycles. The number of nitrogens with zero attached hydrogens (tertiary/aromatic N) is 3. The van der Waals surface area contributed by atoms with E-state index in [9.17, 15) is 14.7 Å². The molecular weight excluding hydrogens is 380 g/mol. The minimum atomic E-state index is -0.904. The van der Waals surface area contributed by atoms with Crippen LogP contribution in [0.3, 0.4) is 0 Å². The summed E-state index contributed by atoms with van der Waals surface area (Å²) in [7, 11) is 0. The number of para-hydroxylation sites is 2. The van der Waals surface area contributed by atoms with Crippen molar-refractivity contribution in [3.05, 3.63) is 70.4 Å². The van der Waals surface area contributed by atoms with E-state index in [0.29, 0.717) is 18.7 Å². The number of carboxylic acid groups (broad SMARTS) is 1. The first-order valence-electron chi connectivity index (χ1n) is 10.2. The third-order valence-corrected chi connectivity index (χ3v) is 5.68. The predicted molar refractivity (Wildman–Crippen MR) is 118 cm³/mol. The van der Waals surface area contributed by atoms with Gasteiger partial charge in [0.05, 0.1) is 35.2 Å². The summed E-state index contributed by atoms with van der Waals surface area (Å²) in [6.07, 6.45) is 1.34. The fraction of sp³-hybridized carbons (Fsp3) is 0.304. The van der Waals surface area contributed by atoms with Gasteiger partial charge >= 0.3 is 11.7 Å². The largest absolute Gasteiger partial charge is 0.481 e. The first-order chi connectivity index (χ1) is 14.4. The number of imidazole rings is 1. The highest BCUT2D eigenvalue weighted by atomic mass is 16.4. The number of benzene rings is 1. The van der Waals surface area contributed by atoms with Gasteiger partial charge in [-0.25, -0.2) is 4.79 Å². The number of aryl methyl sites for hydroxylation is 1. The van der Waals surface area contributed by atoms with Gasteiger partial charge in [0.1, 0.15) is 0 Å². The lowest BCUT2D eigenvalue weighted by Crippen LogP contribution is -2.29. The van der Waals surface area contributed by atoms with E-state index in [1.807, 2.05) is 62.4 Å². The number of carbonyl (C=O) groups is 1. The zero-order chi connectivity index (χ0) is 21.4. The SMILES string of the molecule is CCCC(CC(=O)O)n1c(=O)n(Cc2cc(N)c3cccc(C)n23)c2ccccc21. The minimum Gasteiger partial charge on any atom is -0.481 e. The Balaban J connectivity index is 1.90. The number of carboxylic acids is 1. The highest BCUT2D eigenvalue weighted by Crippen LogP contribution is 2.26. The van der Waals surface area contributed by atoms with Crippen LogP contribution in [-0.4, -0.2) is 24.6 Å². The molecular formula is C23H26N4O3. The molecule has 0 aliphatic rings. The molecule has 1 aromatic carbocycles. The maximum absolute atomic E-state index is 13.5. The summed E-state index contributed by atoms with van der Waals surface area (Å²) in [6, 6.07) is 15.0. The molecule has 1 unspecified atom stereocenters. The first kappa shape index (κ1) is 19.8. The van der Waals surface area contributed by atoms with Crippen molar-refractivity contribution < 1.29 is 9.90 Å². The summed E-state index contributed by atoms with van der Waals surface area (Å²) in [5.74, 6) is -0.904. The number of anilines is 1. The first-order valence-corrected chi connectivity index (χ1v) is 10.2. The van der Waals surface area contributed by atoms with Crippen molar-refractivity contribution in [1.29, 1.82) is 0 Å². The molecule has 0 spiro atoms. The quantitative estimate of drug-likeness (QED) is 0.488. The van der Waals surface area contributed by atoms with E-state index in [-0.39, 0.29) is 18.2 Å². The summed E-state index contributed by atoms with van der Waals surface area (Å²) in [5.41, 5.74) is 11.1. The Hall–Kier alpha value is -3.48. The minimum absolute atomic E-state index is 0.0815. The molecule has 0 radical (unpaired) electrons. The second-order valence-electron chi connectivity index (χ2n) is 7.75. The maximum atomic E-state index is 13.5. The standard InChI is InChI=1S/C23H26N4O3/c1-3-7-16(13-22(28)29)27-21-10-5-4-9-20(21)25(23(27)30)14-17-12-18(24)19-11-6-8-15(2)26(17)19/h4-6,8-12,16H,3,7,13-14,24H2,1-2H3,(H,28,29). The summed E-state index contributed by atoms with van der Waals surface area (Å²) in [6.45, 7) is 4.35. The molecule has 0 saturated heterocycles. The molecule has 0 fully saturated rings. The molecule has 0 aliphatic carbocycles. The molecule has 0 aliphatic heterocycles. The molecule has 3 N–H and O–H groups in total. The van der Waals surface area contributed by atoms with Gasteiger partial charge in [0, 0.05) is 17.4 Å². The number of nitrogen functional groups attached to an aromatic ring is 1. The van der Waals surface area contributed by atoms with Gasteiger partial charge < -0.3 is 15.2 Å². The summed E-state index contributed by atoms with van der Waals surface area (Å²) >= 11 is 0. The number of aliphatic carboxylic acids is 1. The van der Waals surface area contributed by atoms with Gasteiger partial charge in [0.2, 0.25) is 0 Å². The lowest BCUT2D eigenvalue weighted by atomic mass is 10.1. The average molecular weight is 406 g/mol. The number of rotatable bonds is 7. The molecule has 7 heteroatoms. The van der Waals surface area contributed by atoms with Gasteiger partial charge in [0.15, 0.2) is 0 Å². The fourth-order valence-electron chi connectivity index (χ4n) is 4.42. The van der Waals surface area contributed by atoms with Gasteiger partial charge in [-0.3, -0.25) is 13.9 Å². The highest BCUT2D eigenvalue weighted by Gasteiger charge is 2.23. The zero-order valence-corrected chi connectivity index (χ0v) is 17.2. The number of fused-ring (bicyclic) bond motifs is 2. The van der Waals surface area contributed by atoms with Crippen LogP contribution in [0, 0.1) is 6.92 Å². The normalized spacial score (nSPS) is 12.6. The molecule has 7 nitrogen and oxygen atoms in total. The molecule has 3 heterocycles. The lowest BCUT2D eigenvalue weighted by Gasteiger charge is -2.16. The molecule has 156 valence electrons. The lowest BCUT2D eigenvalue weighted by molar-refractivity contribution is -0.137. The summed E-state index contributed by atoms with van der Waals surface area (Å²) < 4.78 is 5.43. The average Bonchev–Trinajstić information content (AvgIpc) is 3.17. The summed E-state index contributed by atoms with van der Waals surface area (Å²) in [5, 5.41) is 9.39. The highest BCUT2D eigenvalue weighted by molar-refractivity contribution is 5.77. The monoisotopic (exact) mass is 406 g/mol. The number of hydrogen-bond donors (Lipinski definition) is 2. The fourth-order valence-corrected chi connectivity index (χ4v) is 4.42. The third kappa shape index (κ3) is 3.26. The number of aromatic nitrogens is 3. The molecule has 4 aromatic rings. The van der Waals surface area contributed by atoms with Crippen molar-refractivity contribution in [2.45, 2.75) is 45.7 Å². The van der Waals surface area contributed by atoms with Gasteiger partial charge in [0.25, 0.3) is 0 Å². The van der Waals surface area contributed by atoms with E-state index in [1.54, 1.807) is 9.13 Å². The van der Waals surface area contributed by atoms with E-state index in [2.05, 4.69) is 4.40 Å². The molecule has 30 heavy (non-hydrogen) atoms. The maximum Gasteiger partial charge on any atom is 0.329 e. The van der Waals surface area contributed by atoms with Crippen LogP contribution in [0.2, 0.25) is 0 Å². The Morgan fingerprint density at radius 2 is 1.80 bits per heavy atom. The Morgan fingerprint density at radius 1 is 1.10 bits per heavy atom.